The highest BCUT2D eigenvalue weighted by Crippen LogP contribution is 2.20. The molecule has 0 spiro atoms. The molecule has 0 saturated heterocycles. The molecular formula is C13H16N2. The quantitative estimate of drug-likeness (QED) is 0.806. The van der Waals surface area contributed by atoms with E-state index in [0.29, 0.717) is 0 Å². The van der Waals surface area contributed by atoms with Gasteiger partial charge >= 0.3 is 0 Å². The fourth-order valence-electron chi connectivity index (χ4n) is 1.63. The molecule has 15 heavy (non-hydrogen) atoms. The van der Waals surface area contributed by atoms with Gasteiger partial charge in [0.2, 0.25) is 0 Å². The van der Waals surface area contributed by atoms with Crippen LogP contribution in [0.4, 0.5) is 0 Å². The van der Waals surface area contributed by atoms with Gasteiger partial charge in [-0.1, -0.05) is 24.8 Å². The number of hydrogen-bond acceptors (Lipinski definition) is 1. The predicted molar refractivity (Wildman–Crippen MR) is 65.6 cm³/mol. The highest BCUT2D eigenvalue weighted by atomic mass is 15.1. The molecule has 1 heterocycles. The summed E-state index contributed by atoms with van der Waals surface area (Å²) in [7, 11) is 2.05. The molecule has 0 amide bonds. The lowest BCUT2D eigenvalue weighted by atomic mass is 10.2. The molecule has 1 N–H and O–H groups in total. The lowest BCUT2D eigenvalue weighted by molar-refractivity contribution is 0.509. The number of benzene rings is 1. The van der Waals surface area contributed by atoms with Crippen LogP contribution in [-0.4, -0.2) is 23.5 Å². The van der Waals surface area contributed by atoms with Crippen molar-refractivity contribution >= 4 is 16.6 Å². The smallest absolute Gasteiger partial charge is 0.0622 e. The first-order chi connectivity index (χ1) is 7.22. The van der Waals surface area contributed by atoms with Crippen molar-refractivity contribution in [2.75, 3.05) is 13.6 Å². The van der Waals surface area contributed by atoms with Gasteiger partial charge < -0.3 is 9.88 Å². The maximum absolute atomic E-state index is 4.09. The number of aromatic nitrogens is 1. The molecule has 0 fully saturated rings. The zero-order valence-electron chi connectivity index (χ0n) is 9.25. The Morgan fingerprint density at radius 2 is 2.13 bits per heavy atom. The van der Waals surface area contributed by atoms with Gasteiger partial charge in [-0.3, -0.25) is 0 Å². The van der Waals surface area contributed by atoms with Gasteiger partial charge in [-0.05, 0) is 19.1 Å². The summed E-state index contributed by atoms with van der Waals surface area (Å²) in [4.78, 5) is 5.50. The third kappa shape index (κ3) is 1.75. The van der Waals surface area contributed by atoms with Crippen molar-refractivity contribution < 1.29 is 0 Å². The number of H-pyrrole nitrogens is 1. The number of para-hydroxylation sites is 1. The van der Waals surface area contributed by atoms with E-state index in [4.69, 9.17) is 0 Å². The minimum Gasteiger partial charge on any atom is -0.374 e. The summed E-state index contributed by atoms with van der Waals surface area (Å²) in [6.45, 7) is 7.17. The SMILES string of the molecule is C=C(c1cc2ccccc2[nH]1)N(C)CC. The molecule has 78 valence electrons. The van der Waals surface area contributed by atoms with Crippen molar-refractivity contribution in [2.24, 2.45) is 0 Å². The van der Waals surface area contributed by atoms with Crippen molar-refractivity contribution in [3.05, 3.63) is 42.6 Å². The van der Waals surface area contributed by atoms with Crippen LogP contribution in [0.1, 0.15) is 12.6 Å². The molecule has 0 aliphatic rings. The Balaban J connectivity index is 2.41. The molecule has 0 unspecified atom stereocenters. The molecule has 2 heteroatoms. The van der Waals surface area contributed by atoms with Gasteiger partial charge in [-0.15, -0.1) is 0 Å². The molecule has 0 bridgehead atoms. The number of aromatic amines is 1. The minimum absolute atomic E-state index is 0.966. The molecule has 1 aromatic carbocycles. The Bertz CT molecular complexity index is 449. The zero-order valence-corrected chi connectivity index (χ0v) is 9.25. The van der Waals surface area contributed by atoms with Crippen LogP contribution >= 0.6 is 0 Å². The van der Waals surface area contributed by atoms with Crippen LogP contribution in [-0.2, 0) is 0 Å². The van der Waals surface area contributed by atoms with Gasteiger partial charge in [0.05, 0.1) is 11.4 Å². The van der Waals surface area contributed by atoms with Gasteiger partial charge in [-0.25, -0.2) is 0 Å². The Morgan fingerprint density at radius 3 is 2.80 bits per heavy atom. The summed E-state index contributed by atoms with van der Waals surface area (Å²) in [6.07, 6.45) is 0. The fraction of sp³-hybridized carbons (Fsp3) is 0.231. The van der Waals surface area contributed by atoms with Crippen molar-refractivity contribution in [2.45, 2.75) is 6.92 Å². The first-order valence-electron chi connectivity index (χ1n) is 5.20. The van der Waals surface area contributed by atoms with Crippen LogP contribution in [0, 0.1) is 0 Å². The summed E-state index contributed by atoms with van der Waals surface area (Å²) in [5.74, 6) is 0. The molecule has 1 aromatic heterocycles. The topological polar surface area (TPSA) is 19.0 Å². The van der Waals surface area contributed by atoms with E-state index >= 15 is 0 Å². The fourth-order valence-corrected chi connectivity index (χ4v) is 1.63. The Morgan fingerprint density at radius 1 is 1.40 bits per heavy atom. The van der Waals surface area contributed by atoms with Crippen LogP contribution in [0.2, 0.25) is 0 Å². The normalized spacial score (nSPS) is 10.5. The van der Waals surface area contributed by atoms with Gasteiger partial charge in [0.1, 0.15) is 0 Å². The molecule has 2 rings (SSSR count). The maximum atomic E-state index is 4.09. The number of rotatable bonds is 3. The lowest BCUT2D eigenvalue weighted by Gasteiger charge is -2.18. The lowest BCUT2D eigenvalue weighted by Crippen LogP contribution is -2.14. The first kappa shape index (κ1) is 9.84. The van der Waals surface area contributed by atoms with Crippen molar-refractivity contribution in [1.82, 2.24) is 9.88 Å². The first-order valence-corrected chi connectivity index (χ1v) is 5.20. The van der Waals surface area contributed by atoms with E-state index in [1.807, 2.05) is 19.2 Å². The zero-order chi connectivity index (χ0) is 10.8. The largest absolute Gasteiger partial charge is 0.374 e. The molecule has 0 saturated carbocycles. The molecule has 2 aromatic rings. The summed E-state index contributed by atoms with van der Waals surface area (Å²) in [6, 6.07) is 10.4. The van der Waals surface area contributed by atoms with Crippen molar-refractivity contribution in [3.8, 4) is 0 Å². The van der Waals surface area contributed by atoms with Gasteiger partial charge in [0.25, 0.3) is 0 Å². The Hall–Kier alpha value is -1.70. The summed E-state index contributed by atoms with van der Waals surface area (Å²) >= 11 is 0. The summed E-state index contributed by atoms with van der Waals surface area (Å²) in [5, 5.41) is 1.23. The third-order valence-corrected chi connectivity index (χ3v) is 2.78. The standard InChI is InChI=1S/C13H16N2/c1-4-15(3)10(2)13-9-11-7-5-6-8-12(11)14-13/h5-9,14H,2,4H2,1,3H3. The second-order valence-electron chi connectivity index (χ2n) is 3.73. The summed E-state index contributed by atoms with van der Waals surface area (Å²) < 4.78 is 0. The van der Waals surface area contributed by atoms with E-state index in [2.05, 4.69) is 41.6 Å². The van der Waals surface area contributed by atoms with E-state index in [-0.39, 0.29) is 0 Å². The van der Waals surface area contributed by atoms with E-state index in [1.165, 1.54) is 5.39 Å². The van der Waals surface area contributed by atoms with Crippen LogP contribution in [0.15, 0.2) is 36.9 Å². The molecule has 2 nitrogen and oxygen atoms in total. The molecular weight excluding hydrogens is 184 g/mol. The monoisotopic (exact) mass is 200 g/mol. The van der Waals surface area contributed by atoms with Gasteiger partial charge in [0, 0.05) is 24.5 Å². The number of nitrogens with zero attached hydrogens (tertiary/aromatic N) is 1. The maximum Gasteiger partial charge on any atom is 0.0622 e. The molecule has 0 aliphatic carbocycles. The van der Waals surface area contributed by atoms with E-state index in [1.54, 1.807) is 0 Å². The second-order valence-corrected chi connectivity index (χ2v) is 3.73. The van der Waals surface area contributed by atoms with Gasteiger partial charge in [0.15, 0.2) is 0 Å². The van der Waals surface area contributed by atoms with E-state index in [0.717, 1.165) is 23.5 Å². The highest BCUT2D eigenvalue weighted by molar-refractivity contribution is 5.84. The van der Waals surface area contributed by atoms with Crippen LogP contribution in [0.5, 0.6) is 0 Å². The average molecular weight is 200 g/mol. The van der Waals surface area contributed by atoms with Crippen molar-refractivity contribution in [3.63, 3.8) is 0 Å². The van der Waals surface area contributed by atoms with Crippen LogP contribution < -0.4 is 0 Å². The number of hydrogen-bond donors (Lipinski definition) is 1. The Labute approximate surface area is 90.2 Å². The third-order valence-electron chi connectivity index (χ3n) is 2.78. The molecule has 0 radical (unpaired) electrons. The summed E-state index contributed by atoms with van der Waals surface area (Å²) in [5.41, 5.74) is 3.30. The van der Waals surface area contributed by atoms with Crippen molar-refractivity contribution in [1.29, 1.82) is 0 Å². The van der Waals surface area contributed by atoms with E-state index in [9.17, 15) is 0 Å². The molecule has 0 atom stereocenters. The highest BCUT2D eigenvalue weighted by Gasteiger charge is 2.06. The Kier molecular flexibility index (Phi) is 2.50. The van der Waals surface area contributed by atoms with Gasteiger partial charge in [-0.2, -0.15) is 0 Å². The predicted octanol–water partition coefficient (Wildman–Crippen LogP) is 3.09. The average Bonchev–Trinajstić information content (AvgIpc) is 2.70. The van der Waals surface area contributed by atoms with E-state index < -0.39 is 0 Å². The van der Waals surface area contributed by atoms with Crippen LogP contribution in [0.3, 0.4) is 0 Å². The number of fused-ring (bicyclic) bond motifs is 1. The molecule has 0 aliphatic heterocycles. The second kappa shape index (κ2) is 3.81. The minimum atomic E-state index is 0.966. The number of nitrogens with one attached hydrogen (secondary N) is 1. The van der Waals surface area contributed by atoms with Crippen LogP contribution in [0.25, 0.3) is 16.6 Å².